The standard InChI is InChI=1S/C11H22N6/c1-6-10-14-13-9-17(10)8-7-12-11(15(2)3)16(4)5/h9H,6-8H2,1-5H3. The fraction of sp³-hybridized carbons (Fsp3) is 0.727. The molecule has 1 aromatic rings. The summed E-state index contributed by atoms with van der Waals surface area (Å²) in [6.45, 7) is 3.63. The Kier molecular flexibility index (Phi) is 4.93. The van der Waals surface area contributed by atoms with E-state index < -0.39 is 0 Å². The van der Waals surface area contributed by atoms with Gasteiger partial charge in [0.2, 0.25) is 0 Å². The zero-order valence-corrected chi connectivity index (χ0v) is 11.4. The Labute approximate surface area is 103 Å². The van der Waals surface area contributed by atoms with Crippen molar-refractivity contribution in [2.24, 2.45) is 4.99 Å². The summed E-state index contributed by atoms with van der Waals surface area (Å²) < 4.78 is 2.05. The van der Waals surface area contributed by atoms with Crippen LogP contribution in [0.1, 0.15) is 12.7 Å². The summed E-state index contributed by atoms with van der Waals surface area (Å²) >= 11 is 0. The van der Waals surface area contributed by atoms with Crippen LogP contribution in [0.15, 0.2) is 11.3 Å². The molecule has 17 heavy (non-hydrogen) atoms. The van der Waals surface area contributed by atoms with E-state index in [9.17, 15) is 0 Å². The maximum absolute atomic E-state index is 4.57. The Bertz CT molecular complexity index is 356. The molecule has 0 saturated carbocycles. The number of nitrogens with zero attached hydrogens (tertiary/aromatic N) is 6. The van der Waals surface area contributed by atoms with Gasteiger partial charge >= 0.3 is 0 Å². The number of guanidine groups is 1. The Hall–Kier alpha value is -1.59. The molecule has 0 aliphatic heterocycles. The molecule has 0 saturated heterocycles. The van der Waals surface area contributed by atoms with E-state index in [1.54, 1.807) is 6.33 Å². The topological polar surface area (TPSA) is 49.6 Å². The van der Waals surface area contributed by atoms with E-state index in [4.69, 9.17) is 0 Å². The SMILES string of the molecule is CCc1nncn1CCN=C(N(C)C)N(C)C. The van der Waals surface area contributed by atoms with Gasteiger partial charge in [-0.25, -0.2) is 0 Å². The van der Waals surface area contributed by atoms with Crippen molar-refractivity contribution < 1.29 is 0 Å². The third-order valence-electron chi connectivity index (χ3n) is 2.41. The highest BCUT2D eigenvalue weighted by Gasteiger charge is 2.04. The highest BCUT2D eigenvalue weighted by Crippen LogP contribution is 1.97. The average molecular weight is 238 g/mol. The number of rotatable bonds is 4. The van der Waals surface area contributed by atoms with E-state index >= 15 is 0 Å². The smallest absolute Gasteiger partial charge is 0.195 e. The van der Waals surface area contributed by atoms with Crippen molar-refractivity contribution in [3.8, 4) is 0 Å². The first-order chi connectivity index (χ1) is 8.06. The van der Waals surface area contributed by atoms with E-state index in [0.29, 0.717) is 0 Å². The van der Waals surface area contributed by atoms with Gasteiger partial charge in [0.05, 0.1) is 6.54 Å². The Morgan fingerprint density at radius 3 is 2.47 bits per heavy atom. The molecule has 0 radical (unpaired) electrons. The van der Waals surface area contributed by atoms with Gasteiger partial charge in [-0.1, -0.05) is 6.92 Å². The van der Waals surface area contributed by atoms with Crippen LogP contribution >= 0.6 is 0 Å². The molecule has 96 valence electrons. The first-order valence-electron chi connectivity index (χ1n) is 5.82. The van der Waals surface area contributed by atoms with Crippen LogP contribution < -0.4 is 0 Å². The summed E-state index contributed by atoms with van der Waals surface area (Å²) in [4.78, 5) is 8.58. The average Bonchev–Trinajstić information content (AvgIpc) is 2.70. The van der Waals surface area contributed by atoms with Gasteiger partial charge in [-0.2, -0.15) is 0 Å². The molecular formula is C11H22N6. The lowest BCUT2D eigenvalue weighted by Gasteiger charge is -2.22. The molecule has 0 amide bonds. The quantitative estimate of drug-likeness (QED) is 0.560. The summed E-state index contributed by atoms with van der Waals surface area (Å²) in [5, 5.41) is 7.95. The lowest BCUT2D eigenvalue weighted by atomic mass is 10.4. The summed E-state index contributed by atoms with van der Waals surface area (Å²) in [7, 11) is 7.98. The first-order valence-corrected chi connectivity index (χ1v) is 5.82. The van der Waals surface area contributed by atoms with Gasteiger partial charge in [0, 0.05) is 41.2 Å². The minimum Gasteiger partial charge on any atom is -0.349 e. The van der Waals surface area contributed by atoms with Crippen LogP contribution in [0.5, 0.6) is 0 Å². The number of hydrogen-bond acceptors (Lipinski definition) is 3. The van der Waals surface area contributed by atoms with Crippen molar-refractivity contribution in [1.82, 2.24) is 24.6 Å². The van der Waals surface area contributed by atoms with Gasteiger partial charge in [0.1, 0.15) is 12.2 Å². The summed E-state index contributed by atoms with van der Waals surface area (Å²) in [6, 6.07) is 0. The van der Waals surface area contributed by atoms with Crippen LogP contribution in [0.2, 0.25) is 0 Å². The lowest BCUT2D eigenvalue weighted by molar-refractivity contribution is 0.477. The maximum atomic E-state index is 4.57. The molecule has 0 aliphatic carbocycles. The van der Waals surface area contributed by atoms with E-state index in [2.05, 4.69) is 22.1 Å². The third kappa shape index (κ3) is 3.72. The summed E-state index contributed by atoms with van der Waals surface area (Å²) in [5.74, 6) is 1.98. The minimum absolute atomic E-state index is 0.733. The molecule has 1 rings (SSSR count). The Morgan fingerprint density at radius 2 is 1.94 bits per heavy atom. The monoisotopic (exact) mass is 238 g/mol. The lowest BCUT2D eigenvalue weighted by Crippen LogP contribution is -2.35. The molecule has 1 heterocycles. The van der Waals surface area contributed by atoms with Crippen molar-refractivity contribution in [1.29, 1.82) is 0 Å². The molecule has 0 aliphatic rings. The van der Waals surface area contributed by atoms with Gasteiger partial charge in [-0.15, -0.1) is 10.2 Å². The minimum atomic E-state index is 0.733. The van der Waals surface area contributed by atoms with Crippen molar-refractivity contribution in [3.05, 3.63) is 12.2 Å². The van der Waals surface area contributed by atoms with Gasteiger partial charge in [-0.3, -0.25) is 4.99 Å². The van der Waals surface area contributed by atoms with Crippen molar-refractivity contribution in [3.63, 3.8) is 0 Å². The Morgan fingerprint density at radius 1 is 1.29 bits per heavy atom. The molecule has 0 spiro atoms. The largest absolute Gasteiger partial charge is 0.349 e. The van der Waals surface area contributed by atoms with Gasteiger partial charge < -0.3 is 14.4 Å². The summed E-state index contributed by atoms with van der Waals surface area (Å²) in [5.41, 5.74) is 0. The van der Waals surface area contributed by atoms with Crippen molar-refractivity contribution in [2.45, 2.75) is 19.9 Å². The predicted molar refractivity (Wildman–Crippen MR) is 69.1 cm³/mol. The van der Waals surface area contributed by atoms with Crippen LogP contribution in [-0.4, -0.2) is 65.3 Å². The second-order valence-corrected chi connectivity index (χ2v) is 4.26. The molecular weight excluding hydrogens is 216 g/mol. The number of aromatic nitrogens is 3. The molecule has 6 heteroatoms. The first kappa shape index (κ1) is 13.5. The van der Waals surface area contributed by atoms with E-state index in [1.165, 1.54) is 0 Å². The van der Waals surface area contributed by atoms with Crippen LogP contribution in [0.4, 0.5) is 0 Å². The van der Waals surface area contributed by atoms with Crippen LogP contribution in [0.25, 0.3) is 0 Å². The highest BCUT2D eigenvalue weighted by molar-refractivity contribution is 5.79. The molecule has 1 aromatic heterocycles. The maximum Gasteiger partial charge on any atom is 0.195 e. The fourth-order valence-corrected chi connectivity index (χ4v) is 1.68. The molecule has 0 atom stereocenters. The van der Waals surface area contributed by atoms with Crippen LogP contribution in [0.3, 0.4) is 0 Å². The van der Waals surface area contributed by atoms with Gasteiger partial charge in [0.15, 0.2) is 5.96 Å². The van der Waals surface area contributed by atoms with Crippen molar-refractivity contribution >= 4 is 5.96 Å². The fourth-order valence-electron chi connectivity index (χ4n) is 1.68. The zero-order chi connectivity index (χ0) is 12.8. The highest BCUT2D eigenvalue weighted by atomic mass is 15.3. The van der Waals surface area contributed by atoms with E-state index in [0.717, 1.165) is 31.3 Å². The molecule has 0 fully saturated rings. The third-order valence-corrected chi connectivity index (χ3v) is 2.41. The zero-order valence-electron chi connectivity index (χ0n) is 11.4. The molecule has 0 aromatic carbocycles. The normalized spacial score (nSPS) is 10.2. The second-order valence-electron chi connectivity index (χ2n) is 4.26. The van der Waals surface area contributed by atoms with E-state index in [1.807, 2.05) is 42.6 Å². The van der Waals surface area contributed by atoms with Crippen LogP contribution in [-0.2, 0) is 13.0 Å². The molecule has 0 bridgehead atoms. The number of aliphatic imine (C=N–C) groups is 1. The summed E-state index contributed by atoms with van der Waals surface area (Å²) in [6.07, 6.45) is 2.66. The molecule has 6 nitrogen and oxygen atoms in total. The van der Waals surface area contributed by atoms with Crippen molar-refractivity contribution in [2.75, 3.05) is 34.7 Å². The molecule has 0 unspecified atom stereocenters. The number of hydrogen-bond donors (Lipinski definition) is 0. The predicted octanol–water partition coefficient (Wildman–Crippen LogP) is 0.320. The van der Waals surface area contributed by atoms with Gasteiger partial charge in [-0.05, 0) is 0 Å². The van der Waals surface area contributed by atoms with E-state index in [-0.39, 0.29) is 0 Å². The number of aryl methyl sites for hydroxylation is 1. The second kappa shape index (κ2) is 6.22. The van der Waals surface area contributed by atoms with Gasteiger partial charge in [0.25, 0.3) is 0 Å². The Balaban J connectivity index is 2.59. The molecule has 0 N–H and O–H groups in total. The van der Waals surface area contributed by atoms with Crippen LogP contribution in [0, 0.1) is 0 Å².